The molecular weight excluding hydrogens is 557 g/mol. The van der Waals surface area contributed by atoms with Crippen molar-refractivity contribution in [2.45, 2.75) is 68.6 Å². The predicted octanol–water partition coefficient (Wildman–Crippen LogP) is 4.51. The monoisotopic (exact) mass is 586 g/mol. The maximum atomic E-state index is 13.1. The van der Waals surface area contributed by atoms with Gasteiger partial charge < -0.3 is 15.5 Å². The van der Waals surface area contributed by atoms with Crippen LogP contribution in [0.5, 0.6) is 0 Å². The van der Waals surface area contributed by atoms with Gasteiger partial charge in [0.15, 0.2) is 5.82 Å². The third kappa shape index (κ3) is 6.41. The zero-order valence-electron chi connectivity index (χ0n) is 21.3. The molecule has 1 aromatic carbocycles. The van der Waals surface area contributed by atoms with E-state index in [0.29, 0.717) is 24.3 Å². The van der Waals surface area contributed by atoms with Crippen LogP contribution >= 0.6 is 11.6 Å². The Morgan fingerprint density at radius 2 is 1.72 bits per heavy atom. The quantitative estimate of drug-likeness (QED) is 0.456. The first-order valence-corrected chi connectivity index (χ1v) is 15.2. The average molecular weight is 587 g/mol. The van der Waals surface area contributed by atoms with Gasteiger partial charge in [0.2, 0.25) is 16.0 Å². The fourth-order valence-corrected chi connectivity index (χ4v) is 6.95. The molecular formula is C25H30ClF3N6O3S. The molecule has 1 saturated heterocycles. The summed E-state index contributed by atoms with van der Waals surface area (Å²) in [7, 11) is -3.38. The highest BCUT2D eigenvalue weighted by Gasteiger charge is 2.46. The molecule has 3 N–H and O–H groups in total. The maximum absolute atomic E-state index is 13.1. The molecule has 2 aliphatic heterocycles. The van der Waals surface area contributed by atoms with E-state index in [4.69, 9.17) is 11.6 Å². The Kier molecular flexibility index (Phi) is 7.68. The lowest BCUT2D eigenvalue weighted by Crippen LogP contribution is -2.48. The number of nitrogens with one attached hydrogen (secondary N) is 3. The summed E-state index contributed by atoms with van der Waals surface area (Å²) in [6, 6.07) is 5.13. The second-order valence-electron chi connectivity index (χ2n) is 10.6. The fraction of sp³-hybridized carbons (Fsp3) is 0.560. The lowest BCUT2D eigenvalue weighted by Gasteiger charge is -2.32. The molecule has 39 heavy (non-hydrogen) atoms. The van der Waals surface area contributed by atoms with Crippen LogP contribution in [-0.4, -0.2) is 66.8 Å². The summed E-state index contributed by atoms with van der Waals surface area (Å²) in [6.07, 6.45) is 2.44. The van der Waals surface area contributed by atoms with Gasteiger partial charge in [0.25, 0.3) is 0 Å². The molecule has 2 bridgehead atoms. The molecule has 0 radical (unpaired) electrons. The van der Waals surface area contributed by atoms with Crippen LogP contribution in [0.25, 0.3) is 0 Å². The first kappa shape index (κ1) is 27.9. The van der Waals surface area contributed by atoms with Crippen molar-refractivity contribution in [3.8, 4) is 0 Å². The highest BCUT2D eigenvalue weighted by molar-refractivity contribution is 7.88. The second-order valence-corrected chi connectivity index (χ2v) is 12.8. The van der Waals surface area contributed by atoms with Crippen molar-refractivity contribution in [2.24, 2.45) is 0 Å². The van der Waals surface area contributed by atoms with Crippen molar-refractivity contribution in [3.63, 3.8) is 0 Å². The third-order valence-corrected chi connectivity index (χ3v) is 8.70. The van der Waals surface area contributed by atoms with Crippen molar-refractivity contribution in [3.05, 3.63) is 40.5 Å². The molecule has 212 valence electrons. The van der Waals surface area contributed by atoms with Crippen LogP contribution in [0.15, 0.2) is 24.4 Å². The normalized spacial score (nSPS) is 25.1. The molecule has 4 atom stereocenters. The van der Waals surface area contributed by atoms with E-state index in [9.17, 15) is 26.4 Å². The number of hydrogen-bond donors (Lipinski definition) is 3. The minimum Gasteiger partial charge on any atom is -0.364 e. The van der Waals surface area contributed by atoms with Gasteiger partial charge in [0.1, 0.15) is 5.02 Å². The third-order valence-electron chi connectivity index (χ3n) is 7.70. The zero-order valence-corrected chi connectivity index (χ0v) is 22.8. The largest absolute Gasteiger partial charge is 0.471 e. The Hall–Kier alpha value is -2.64. The molecule has 14 heteroatoms. The minimum atomic E-state index is -4.89. The van der Waals surface area contributed by atoms with Crippen molar-refractivity contribution < 1.29 is 26.4 Å². The van der Waals surface area contributed by atoms with Crippen LogP contribution in [0.3, 0.4) is 0 Å². The van der Waals surface area contributed by atoms with Crippen LogP contribution in [-0.2, 0) is 14.8 Å². The fourth-order valence-electron chi connectivity index (χ4n) is 5.98. The number of sulfonamides is 1. The molecule has 3 heterocycles. The number of fused-ring (bicyclic) bond motifs is 3. The van der Waals surface area contributed by atoms with Crippen molar-refractivity contribution in [1.29, 1.82) is 0 Å². The number of benzene rings is 1. The number of hydrogen-bond acceptors (Lipinski definition) is 7. The number of rotatable bonds is 6. The first-order chi connectivity index (χ1) is 18.4. The first-order valence-electron chi connectivity index (χ1n) is 12.9. The van der Waals surface area contributed by atoms with Gasteiger partial charge in [-0.25, -0.2) is 18.1 Å². The van der Waals surface area contributed by atoms with E-state index in [1.807, 2.05) is 18.2 Å². The summed E-state index contributed by atoms with van der Waals surface area (Å²) in [5, 5.41) is 6.72. The second kappa shape index (κ2) is 10.7. The molecule has 1 saturated carbocycles. The number of anilines is 3. The van der Waals surface area contributed by atoms with Crippen LogP contribution in [0.4, 0.5) is 30.6 Å². The molecule has 9 nitrogen and oxygen atoms in total. The molecule has 4 aliphatic rings. The summed E-state index contributed by atoms with van der Waals surface area (Å²) in [5.74, 6) is -1.49. The Labute approximate surface area is 230 Å². The predicted molar refractivity (Wildman–Crippen MR) is 142 cm³/mol. The van der Waals surface area contributed by atoms with E-state index in [2.05, 4.69) is 25.3 Å². The maximum Gasteiger partial charge on any atom is 0.471 e. The zero-order chi connectivity index (χ0) is 27.9. The molecule has 2 aliphatic carbocycles. The van der Waals surface area contributed by atoms with Gasteiger partial charge in [-0.2, -0.15) is 18.2 Å². The van der Waals surface area contributed by atoms with Gasteiger partial charge in [-0.1, -0.05) is 30.5 Å². The molecule has 1 unspecified atom stereocenters. The number of carbonyl (C=O) groups is 1. The molecule has 0 spiro atoms. The van der Waals surface area contributed by atoms with Crippen molar-refractivity contribution >= 4 is 45.0 Å². The number of nitrogens with zero attached hydrogens (tertiary/aromatic N) is 3. The van der Waals surface area contributed by atoms with Gasteiger partial charge in [-0.05, 0) is 48.9 Å². The van der Waals surface area contributed by atoms with Gasteiger partial charge in [-0.3, -0.25) is 4.79 Å². The molecule has 6 rings (SSSR count). The number of alkyl halides is 3. The summed E-state index contributed by atoms with van der Waals surface area (Å²) in [4.78, 5) is 21.7. The summed E-state index contributed by atoms with van der Waals surface area (Å²) < 4.78 is 65.7. The van der Waals surface area contributed by atoms with Crippen LogP contribution in [0.2, 0.25) is 5.02 Å². The van der Waals surface area contributed by atoms with E-state index in [1.165, 1.54) is 6.20 Å². The lowest BCUT2D eigenvalue weighted by molar-refractivity contribution is -0.185. The smallest absolute Gasteiger partial charge is 0.364 e. The van der Waals surface area contributed by atoms with Crippen LogP contribution in [0, 0.1) is 0 Å². The average Bonchev–Trinajstić information content (AvgIpc) is 3.16. The number of aromatic nitrogens is 2. The standard InChI is InChI=1S/C25H30ClF3N6O3S/c1-39(37,38)34-21-5-3-2-4-20(21)32-22-19(26)11-30-24(33-22)31-16-8-9-17-14-6-7-15(18(17)10-16)13-35(12-14)23(36)25(27,28)29/h8-11,14-15,20-21,34H,2-7,12-13H2,1H3,(H2,30,31,32,33)/t14-,15?,20+,21+/m0/s1. The van der Waals surface area contributed by atoms with Gasteiger partial charge >= 0.3 is 12.1 Å². The highest BCUT2D eigenvalue weighted by Crippen LogP contribution is 2.44. The van der Waals surface area contributed by atoms with E-state index in [0.717, 1.165) is 48.0 Å². The van der Waals surface area contributed by atoms with Gasteiger partial charge in [-0.15, -0.1) is 0 Å². The van der Waals surface area contributed by atoms with E-state index < -0.39 is 22.1 Å². The lowest BCUT2D eigenvalue weighted by atomic mass is 9.78. The Balaban J connectivity index is 1.33. The Morgan fingerprint density at radius 1 is 1.05 bits per heavy atom. The van der Waals surface area contributed by atoms with Gasteiger partial charge in [0.05, 0.1) is 12.5 Å². The molecule has 1 aromatic heterocycles. The minimum absolute atomic E-state index is 0.0287. The van der Waals surface area contributed by atoms with E-state index >= 15 is 0 Å². The topological polar surface area (TPSA) is 116 Å². The van der Waals surface area contributed by atoms with E-state index in [1.54, 1.807) is 0 Å². The van der Waals surface area contributed by atoms with Crippen molar-refractivity contribution in [2.75, 3.05) is 30.0 Å². The van der Waals surface area contributed by atoms with Gasteiger partial charge in [0, 0.05) is 42.7 Å². The molecule has 2 fully saturated rings. The Morgan fingerprint density at radius 3 is 2.38 bits per heavy atom. The van der Waals surface area contributed by atoms with Crippen LogP contribution in [0.1, 0.15) is 61.5 Å². The van der Waals surface area contributed by atoms with Crippen LogP contribution < -0.4 is 15.4 Å². The van der Waals surface area contributed by atoms with Crippen molar-refractivity contribution in [1.82, 2.24) is 19.6 Å². The molecule has 1 amide bonds. The SMILES string of the molecule is CS(=O)(=O)N[C@@H]1CCCC[C@H]1Nc1nc(Nc2ccc3c(c2)C2CC[C@H]3CN(C(=O)C(F)(F)F)C2)ncc1Cl. The summed E-state index contributed by atoms with van der Waals surface area (Å²) in [5.41, 5.74) is 2.56. The Bertz CT molecular complexity index is 1360. The number of amides is 1. The van der Waals surface area contributed by atoms with E-state index in [-0.39, 0.29) is 48.0 Å². The summed E-state index contributed by atoms with van der Waals surface area (Å²) >= 11 is 6.36. The number of carbonyl (C=O) groups excluding carboxylic acids is 1. The number of halogens is 4. The highest BCUT2D eigenvalue weighted by atomic mass is 35.5. The molecule has 2 aromatic rings. The summed E-state index contributed by atoms with van der Waals surface area (Å²) in [6.45, 7) is 0.0845.